The first-order chi connectivity index (χ1) is 15.3. The number of ether oxygens (including phenoxy) is 2. The summed E-state index contributed by atoms with van der Waals surface area (Å²) >= 11 is 6.06. The molecule has 0 spiro atoms. The number of amides is 1. The van der Waals surface area contributed by atoms with Gasteiger partial charge in [0.05, 0.1) is 16.7 Å². The molecule has 0 bridgehead atoms. The van der Waals surface area contributed by atoms with E-state index < -0.39 is 28.5 Å². The first kappa shape index (κ1) is 24.2. The number of para-hydroxylation sites is 1. The SMILES string of the molecule is CCc1ccccc1NC(=O)COC(=O)c1ccc(Cl)c(S(=O)(=O)NCC2CCCO2)c1. The molecule has 172 valence electrons. The molecule has 1 saturated heterocycles. The fraction of sp³-hybridized carbons (Fsp3) is 0.364. The van der Waals surface area contributed by atoms with Crippen LogP contribution < -0.4 is 10.0 Å². The average Bonchev–Trinajstić information content (AvgIpc) is 3.30. The van der Waals surface area contributed by atoms with Crippen molar-refractivity contribution in [3.8, 4) is 0 Å². The Bertz CT molecular complexity index is 1080. The Balaban J connectivity index is 1.62. The van der Waals surface area contributed by atoms with Crippen LogP contribution in [-0.2, 0) is 30.7 Å². The predicted molar refractivity (Wildman–Crippen MR) is 120 cm³/mol. The van der Waals surface area contributed by atoms with Crippen LogP contribution in [0, 0.1) is 0 Å². The van der Waals surface area contributed by atoms with Crippen molar-refractivity contribution in [1.82, 2.24) is 4.72 Å². The van der Waals surface area contributed by atoms with Gasteiger partial charge in [-0.3, -0.25) is 4.79 Å². The lowest BCUT2D eigenvalue weighted by molar-refractivity contribution is -0.119. The number of sulfonamides is 1. The molecule has 0 saturated carbocycles. The average molecular weight is 481 g/mol. The molecular weight excluding hydrogens is 456 g/mol. The van der Waals surface area contributed by atoms with Crippen molar-refractivity contribution in [3.05, 3.63) is 58.6 Å². The maximum Gasteiger partial charge on any atom is 0.338 e. The van der Waals surface area contributed by atoms with Crippen LogP contribution in [0.2, 0.25) is 5.02 Å². The summed E-state index contributed by atoms with van der Waals surface area (Å²) in [7, 11) is -3.96. The Labute approximate surface area is 192 Å². The van der Waals surface area contributed by atoms with Gasteiger partial charge in [0.1, 0.15) is 4.90 Å². The fourth-order valence-corrected chi connectivity index (χ4v) is 4.86. The van der Waals surface area contributed by atoms with Crippen molar-refractivity contribution in [2.24, 2.45) is 0 Å². The number of hydrogen-bond acceptors (Lipinski definition) is 6. The Morgan fingerprint density at radius 3 is 2.72 bits per heavy atom. The van der Waals surface area contributed by atoms with E-state index in [1.54, 1.807) is 12.1 Å². The Hall–Kier alpha value is -2.46. The topological polar surface area (TPSA) is 111 Å². The van der Waals surface area contributed by atoms with Gasteiger partial charge in [0.2, 0.25) is 10.0 Å². The summed E-state index contributed by atoms with van der Waals surface area (Å²) in [5.41, 5.74) is 1.57. The summed E-state index contributed by atoms with van der Waals surface area (Å²) in [6.07, 6.45) is 2.20. The molecule has 1 aliphatic heterocycles. The zero-order chi connectivity index (χ0) is 23.1. The van der Waals surface area contributed by atoms with Gasteiger partial charge in [0, 0.05) is 18.8 Å². The first-order valence-electron chi connectivity index (χ1n) is 10.3. The molecule has 10 heteroatoms. The molecule has 1 atom stereocenters. The minimum Gasteiger partial charge on any atom is -0.452 e. The number of carbonyl (C=O) groups is 2. The quantitative estimate of drug-likeness (QED) is 0.533. The monoisotopic (exact) mass is 480 g/mol. The lowest BCUT2D eigenvalue weighted by atomic mass is 10.1. The van der Waals surface area contributed by atoms with Gasteiger partial charge < -0.3 is 14.8 Å². The van der Waals surface area contributed by atoms with Crippen molar-refractivity contribution < 1.29 is 27.5 Å². The lowest BCUT2D eigenvalue weighted by Crippen LogP contribution is -2.32. The normalized spacial score (nSPS) is 16.0. The number of carbonyl (C=O) groups excluding carboxylic acids is 2. The Morgan fingerprint density at radius 2 is 2.00 bits per heavy atom. The summed E-state index contributed by atoms with van der Waals surface area (Å²) in [5.74, 6) is -1.34. The Morgan fingerprint density at radius 1 is 1.22 bits per heavy atom. The highest BCUT2D eigenvalue weighted by molar-refractivity contribution is 7.89. The largest absolute Gasteiger partial charge is 0.452 e. The second kappa shape index (κ2) is 10.9. The third-order valence-corrected chi connectivity index (χ3v) is 6.89. The van der Waals surface area contributed by atoms with Crippen LogP contribution >= 0.6 is 11.6 Å². The number of nitrogens with one attached hydrogen (secondary N) is 2. The van der Waals surface area contributed by atoms with Gasteiger partial charge in [-0.2, -0.15) is 0 Å². The van der Waals surface area contributed by atoms with Gasteiger partial charge in [-0.15, -0.1) is 0 Å². The molecular formula is C22H25ClN2O6S. The minimum atomic E-state index is -3.96. The van der Waals surface area contributed by atoms with E-state index in [4.69, 9.17) is 21.1 Å². The molecule has 1 amide bonds. The second-order valence-electron chi connectivity index (χ2n) is 7.27. The number of rotatable bonds is 9. The molecule has 1 aliphatic rings. The van der Waals surface area contributed by atoms with E-state index in [1.165, 1.54) is 12.1 Å². The lowest BCUT2D eigenvalue weighted by Gasteiger charge is -2.13. The molecule has 3 rings (SSSR count). The number of esters is 1. The van der Waals surface area contributed by atoms with Crippen molar-refractivity contribution in [2.45, 2.75) is 37.2 Å². The third-order valence-electron chi connectivity index (χ3n) is 4.99. The van der Waals surface area contributed by atoms with Crippen molar-refractivity contribution in [3.63, 3.8) is 0 Å². The van der Waals surface area contributed by atoms with Gasteiger partial charge in [-0.1, -0.05) is 36.7 Å². The standard InChI is InChI=1S/C22H25ClN2O6S/c1-2-15-6-3-4-8-19(15)25-21(26)14-31-22(27)16-9-10-18(23)20(12-16)32(28,29)24-13-17-7-5-11-30-17/h3-4,6,8-10,12,17,24H,2,5,7,11,13-14H2,1H3,(H,25,26). The zero-order valence-corrected chi connectivity index (χ0v) is 19.2. The van der Waals surface area contributed by atoms with E-state index in [0.29, 0.717) is 12.3 Å². The molecule has 2 N–H and O–H groups in total. The molecule has 0 radical (unpaired) electrons. The van der Waals surface area contributed by atoms with E-state index >= 15 is 0 Å². The summed E-state index contributed by atoms with van der Waals surface area (Å²) in [4.78, 5) is 24.3. The van der Waals surface area contributed by atoms with E-state index in [9.17, 15) is 18.0 Å². The molecule has 0 aliphatic carbocycles. The highest BCUT2D eigenvalue weighted by atomic mass is 35.5. The molecule has 1 fully saturated rings. The predicted octanol–water partition coefficient (Wildman–Crippen LogP) is 3.16. The van der Waals surface area contributed by atoms with E-state index in [1.807, 2.05) is 19.1 Å². The molecule has 1 heterocycles. The smallest absolute Gasteiger partial charge is 0.338 e. The molecule has 8 nitrogen and oxygen atoms in total. The number of aryl methyl sites for hydroxylation is 1. The number of benzene rings is 2. The van der Waals surface area contributed by atoms with Crippen LogP contribution in [0.3, 0.4) is 0 Å². The Kier molecular flexibility index (Phi) is 8.25. The summed E-state index contributed by atoms with van der Waals surface area (Å²) in [5, 5.41) is 2.67. The van der Waals surface area contributed by atoms with Gasteiger partial charge in [-0.25, -0.2) is 17.9 Å². The highest BCUT2D eigenvalue weighted by Gasteiger charge is 2.24. The second-order valence-corrected chi connectivity index (χ2v) is 9.41. The first-order valence-corrected chi connectivity index (χ1v) is 12.1. The van der Waals surface area contributed by atoms with Gasteiger partial charge >= 0.3 is 5.97 Å². The summed E-state index contributed by atoms with van der Waals surface area (Å²) in [6.45, 7) is 2.17. The van der Waals surface area contributed by atoms with Crippen LogP contribution in [0.4, 0.5) is 5.69 Å². The number of hydrogen-bond donors (Lipinski definition) is 2. The summed E-state index contributed by atoms with van der Waals surface area (Å²) in [6, 6.07) is 11.1. The van der Waals surface area contributed by atoms with Gasteiger partial charge in [-0.05, 0) is 49.1 Å². The van der Waals surface area contributed by atoms with Gasteiger partial charge in [0.15, 0.2) is 6.61 Å². The number of halogens is 1. The van der Waals surface area contributed by atoms with Crippen molar-refractivity contribution >= 4 is 39.2 Å². The molecule has 2 aromatic carbocycles. The van der Waals surface area contributed by atoms with E-state index in [-0.39, 0.29) is 28.1 Å². The van der Waals surface area contributed by atoms with Crippen LogP contribution in [0.1, 0.15) is 35.7 Å². The highest BCUT2D eigenvalue weighted by Crippen LogP contribution is 2.23. The number of anilines is 1. The van der Waals surface area contributed by atoms with E-state index in [2.05, 4.69) is 10.0 Å². The van der Waals surface area contributed by atoms with Gasteiger partial charge in [0.25, 0.3) is 5.91 Å². The molecule has 2 aromatic rings. The third kappa shape index (κ3) is 6.29. The minimum absolute atomic E-state index is 0.0321. The van der Waals surface area contributed by atoms with Crippen LogP contribution in [0.5, 0.6) is 0 Å². The van der Waals surface area contributed by atoms with Crippen molar-refractivity contribution in [2.75, 3.05) is 25.1 Å². The van der Waals surface area contributed by atoms with E-state index in [0.717, 1.165) is 30.9 Å². The maximum absolute atomic E-state index is 12.6. The van der Waals surface area contributed by atoms with Crippen LogP contribution in [0.25, 0.3) is 0 Å². The molecule has 32 heavy (non-hydrogen) atoms. The zero-order valence-electron chi connectivity index (χ0n) is 17.6. The van der Waals surface area contributed by atoms with Crippen LogP contribution in [0.15, 0.2) is 47.4 Å². The maximum atomic E-state index is 12.6. The fourth-order valence-electron chi connectivity index (χ4n) is 3.27. The van der Waals surface area contributed by atoms with Crippen LogP contribution in [-0.4, -0.2) is 46.2 Å². The van der Waals surface area contributed by atoms with Crippen molar-refractivity contribution in [1.29, 1.82) is 0 Å². The summed E-state index contributed by atoms with van der Waals surface area (Å²) < 4.78 is 38.2. The molecule has 1 unspecified atom stereocenters. The molecule has 0 aromatic heterocycles.